The molecule has 0 aromatic rings. The summed E-state index contributed by atoms with van der Waals surface area (Å²) in [6, 6.07) is -0.302. The minimum Gasteiger partial charge on any atom is -0.389 e. The summed E-state index contributed by atoms with van der Waals surface area (Å²) < 4.78 is 0. The number of ketones is 4. The van der Waals surface area contributed by atoms with Gasteiger partial charge in [-0.25, -0.2) is 0 Å². The van der Waals surface area contributed by atoms with E-state index in [1.54, 1.807) is 7.05 Å². The molecule has 0 saturated heterocycles. The van der Waals surface area contributed by atoms with Gasteiger partial charge in [-0.05, 0) is 45.7 Å². The van der Waals surface area contributed by atoms with E-state index in [1.807, 2.05) is 0 Å². The molecule has 0 aromatic carbocycles. The summed E-state index contributed by atoms with van der Waals surface area (Å²) in [6.07, 6.45) is 11.9. The van der Waals surface area contributed by atoms with Crippen LogP contribution in [-0.2, 0) is 19.2 Å². The molecule has 0 unspecified atom stereocenters. The Kier molecular flexibility index (Phi) is 14.7. The Balaban J connectivity index is 2.72. The van der Waals surface area contributed by atoms with Crippen molar-refractivity contribution in [2.75, 3.05) is 26.7 Å². The molecule has 1 aliphatic rings. The normalized spacial score (nSPS) is 21.8. The maximum Gasteiger partial charge on any atom is 0.161 e. The quantitative estimate of drug-likeness (QED) is 0.309. The molecule has 0 aliphatic heterocycles. The van der Waals surface area contributed by atoms with Gasteiger partial charge in [0.2, 0.25) is 0 Å². The Hall–Kier alpha value is -1.88. The number of aliphatic hydroxyl groups excluding tert-OH is 1. The molecule has 180 valence electrons. The number of terminal acetylenes is 1. The van der Waals surface area contributed by atoms with Crippen molar-refractivity contribution in [2.24, 2.45) is 11.8 Å². The van der Waals surface area contributed by atoms with Crippen LogP contribution in [0.1, 0.15) is 77.0 Å². The summed E-state index contributed by atoms with van der Waals surface area (Å²) in [5, 5.41) is 15.5. The molecule has 0 amide bonds. The zero-order valence-electron chi connectivity index (χ0n) is 19.5. The molecule has 0 bridgehead atoms. The molecule has 1 aliphatic carbocycles. The largest absolute Gasteiger partial charge is 0.389 e. The van der Waals surface area contributed by atoms with Crippen molar-refractivity contribution >= 4 is 23.1 Å². The summed E-state index contributed by atoms with van der Waals surface area (Å²) >= 11 is 0. The summed E-state index contributed by atoms with van der Waals surface area (Å²) in [4.78, 5) is 50.1. The van der Waals surface area contributed by atoms with E-state index in [4.69, 9.17) is 6.42 Å². The number of rotatable bonds is 12. The average Bonchev–Trinajstić information content (AvgIpc) is 2.78. The fraction of sp³-hybridized carbons (Fsp3) is 0.760. The van der Waals surface area contributed by atoms with Crippen molar-refractivity contribution in [3.8, 4) is 12.3 Å². The summed E-state index contributed by atoms with van der Waals surface area (Å²) in [5.41, 5.74) is 0. The lowest BCUT2D eigenvalue weighted by atomic mass is 9.82. The van der Waals surface area contributed by atoms with Gasteiger partial charge in [0.25, 0.3) is 0 Å². The minimum atomic E-state index is -0.649. The molecule has 7 nitrogen and oxygen atoms in total. The molecule has 1 rings (SSSR count). The highest BCUT2D eigenvalue weighted by molar-refractivity contribution is 5.93. The lowest BCUT2D eigenvalue weighted by molar-refractivity contribution is -0.133. The van der Waals surface area contributed by atoms with Crippen molar-refractivity contribution in [3.05, 3.63) is 0 Å². The average molecular weight is 449 g/mol. The van der Waals surface area contributed by atoms with E-state index in [0.717, 1.165) is 38.6 Å². The van der Waals surface area contributed by atoms with E-state index in [0.29, 0.717) is 25.8 Å². The first-order valence-electron chi connectivity index (χ1n) is 11.9. The number of unbranched alkanes of at least 4 members (excludes halogenated alkanes) is 1. The van der Waals surface area contributed by atoms with E-state index < -0.39 is 24.2 Å². The Bertz CT molecular complexity index is 655. The van der Waals surface area contributed by atoms with Crippen molar-refractivity contribution in [2.45, 2.75) is 83.1 Å². The van der Waals surface area contributed by atoms with Crippen molar-refractivity contribution in [1.82, 2.24) is 10.6 Å². The van der Waals surface area contributed by atoms with Gasteiger partial charge in [0.15, 0.2) is 5.78 Å². The van der Waals surface area contributed by atoms with Crippen molar-refractivity contribution in [1.29, 1.82) is 0 Å². The SMILES string of the molecule is C#CCNCCCC[C@H](NC)C(=O)C[C@H]1CCCCCC(=O)CC[C@@H](C(=O)CO)CC1=O. The van der Waals surface area contributed by atoms with Gasteiger partial charge in [-0.15, -0.1) is 6.42 Å². The highest BCUT2D eigenvalue weighted by Crippen LogP contribution is 2.25. The standard InChI is InChI=1S/C25H40N2O5/c1-3-14-27-15-8-7-11-22(26-2)24(31)17-19-9-5-4-6-10-21(29)13-12-20(16-23(19)30)25(32)18-28/h1,19-20,22,26-28H,4-18H2,2H3/t19-,20-,22+/m1/s1. The molecule has 1 fully saturated rings. The van der Waals surface area contributed by atoms with E-state index in [2.05, 4.69) is 16.6 Å². The van der Waals surface area contributed by atoms with Gasteiger partial charge in [-0.3, -0.25) is 19.2 Å². The molecule has 0 spiro atoms. The predicted molar refractivity (Wildman–Crippen MR) is 124 cm³/mol. The molecule has 0 heterocycles. The lowest BCUT2D eigenvalue weighted by Crippen LogP contribution is -2.36. The molecule has 3 atom stereocenters. The zero-order valence-corrected chi connectivity index (χ0v) is 19.5. The lowest BCUT2D eigenvalue weighted by Gasteiger charge is -2.22. The van der Waals surface area contributed by atoms with Crippen LogP contribution in [0.2, 0.25) is 0 Å². The van der Waals surface area contributed by atoms with Gasteiger partial charge in [-0.1, -0.05) is 25.2 Å². The number of Topliss-reactive ketones (excluding diaryl/α,β-unsaturated/α-hetero) is 4. The molecule has 32 heavy (non-hydrogen) atoms. The van der Waals surface area contributed by atoms with Gasteiger partial charge >= 0.3 is 0 Å². The van der Waals surface area contributed by atoms with Crippen LogP contribution in [0.3, 0.4) is 0 Å². The number of carbonyl (C=O) groups is 4. The number of carbonyl (C=O) groups excluding carboxylic acids is 4. The molecule has 3 N–H and O–H groups in total. The van der Waals surface area contributed by atoms with Crippen LogP contribution in [-0.4, -0.2) is 61.0 Å². The smallest absolute Gasteiger partial charge is 0.161 e. The molecule has 1 saturated carbocycles. The second-order valence-corrected chi connectivity index (χ2v) is 8.75. The highest BCUT2D eigenvalue weighted by atomic mass is 16.3. The van der Waals surface area contributed by atoms with Crippen LogP contribution in [0, 0.1) is 24.2 Å². The number of hydrogen-bond acceptors (Lipinski definition) is 7. The fourth-order valence-electron chi connectivity index (χ4n) is 4.25. The third-order valence-electron chi connectivity index (χ3n) is 6.30. The minimum absolute atomic E-state index is 0.00428. The highest BCUT2D eigenvalue weighted by Gasteiger charge is 2.29. The third-order valence-corrected chi connectivity index (χ3v) is 6.30. The Morgan fingerprint density at radius 3 is 2.62 bits per heavy atom. The van der Waals surface area contributed by atoms with E-state index in [1.165, 1.54) is 0 Å². The molecule has 0 aromatic heterocycles. The second kappa shape index (κ2) is 16.7. The van der Waals surface area contributed by atoms with Gasteiger partial charge in [0.1, 0.15) is 24.0 Å². The molecular weight excluding hydrogens is 408 g/mol. The van der Waals surface area contributed by atoms with Crippen LogP contribution >= 0.6 is 0 Å². The van der Waals surface area contributed by atoms with Gasteiger partial charge in [-0.2, -0.15) is 0 Å². The summed E-state index contributed by atoms with van der Waals surface area (Å²) in [7, 11) is 1.76. The topological polar surface area (TPSA) is 113 Å². The van der Waals surface area contributed by atoms with Gasteiger partial charge in [0, 0.05) is 37.5 Å². The fourth-order valence-corrected chi connectivity index (χ4v) is 4.25. The Morgan fingerprint density at radius 1 is 1.16 bits per heavy atom. The predicted octanol–water partition coefficient (Wildman–Crippen LogP) is 1.99. The van der Waals surface area contributed by atoms with Crippen LogP contribution in [0.25, 0.3) is 0 Å². The summed E-state index contributed by atoms with van der Waals surface area (Å²) in [5.74, 6) is 1.08. The number of aliphatic hydroxyl groups is 1. The van der Waals surface area contributed by atoms with Crippen LogP contribution in [0.4, 0.5) is 0 Å². The monoisotopic (exact) mass is 448 g/mol. The van der Waals surface area contributed by atoms with E-state index in [-0.39, 0.29) is 49.1 Å². The molecule has 7 heteroatoms. The molecule has 0 radical (unpaired) electrons. The molecular formula is C25H40N2O5. The van der Waals surface area contributed by atoms with Crippen molar-refractivity contribution < 1.29 is 24.3 Å². The Labute approximate surface area is 192 Å². The number of hydrogen-bond donors (Lipinski definition) is 3. The van der Waals surface area contributed by atoms with Crippen LogP contribution in [0.5, 0.6) is 0 Å². The first-order valence-corrected chi connectivity index (χ1v) is 11.9. The van der Waals surface area contributed by atoms with Gasteiger partial charge < -0.3 is 15.7 Å². The summed E-state index contributed by atoms with van der Waals surface area (Å²) in [6.45, 7) is 0.707. The number of nitrogens with one attached hydrogen (secondary N) is 2. The number of likely N-dealkylation sites (N-methyl/N-ethyl adjacent to an activating group) is 1. The first kappa shape index (κ1) is 28.2. The Morgan fingerprint density at radius 2 is 1.94 bits per heavy atom. The van der Waals surface area contributed by atoms with Crippen LogP contribution in [0.15, 0.2) is 0 Å². The van der Waals surface area contributed by atoms with E-state index in [9.17, 15) is 24.3 Å². The zero-order chi connectivity index (χ0) is 23.8. The first-order chi connectivity index (χ1) is 15.4. The maximum atomic E-state index is 13.0. The third kappa shape index (κ3) is 11.1. The van der Waals surface area contributed by atoms with Gasteiger partial charge in [0.05, 0.1) is 12.6 Å². The maximum absolute atomic E-state index is 13.0. The van der Waals surface area contributed by atoms with E-state index >= 15 is 0 Å². The van der Waals surface area contributed by atoms with Crippen LogP contribution < -0.4 is 10.6 Å². The van der Waals surface area contributed by atoms with Crippen molar-refractivity contribution in [3.63, 3.8) is 0 Å². The second-order valence-electron chi connectivity index (χ2n) is 8.75.